The Labute approximate surface area is 740 Å². The topological polar surface area (TPSA) is 109 Å². The molecule has 2 atom stereocenters. The zero-order valence-corrected chi connectivity index (χ0v) is 75.9. The van der Waals surface area contributed by atoms with Crippen LogP contribution in [0, 0.1) is 47.6 Å². The van der Waals surface area contributed by atoms with Gasteiger partial charge in [0.2, 0.25) is 0 Å². The Kier molecular flexibility index (Phi) is 28.0. The number of aryl methyl sites for hydroxylation is 4. The molecule has 122 heavy (non-hydrogen) atoms. The van der Waals surface area contributed by atoms with Gasteiger partial charge in [0.05, 0.1) is 78.2 Å². The number of Topliss-reactive ketones (excluding diaryl/α,β-unsaturated/α-hetero) is 2. The predicted molar refractivity (Wildman–Crippen MR) is 512 cm³/mol. The van der Waals surface area contributed by atoms with Gasteiger partial charge >= 0.3 is 0 Å². The third-order valence-corrected chi connectivity index (χ3v) is 31.3. The number of fused-ring (bicyclic) bond motifs is 12. The lowest BCUT2D eigenvalue weighted by atomic mass is 9.66. The highest BCUT2D eigenvalue weighted by Gasteiger charge is 2.55. The van der Waals surface area contributed by atoms with Crippen molar-refractivity contribution in [3.63, 3.8) is 0 Å². The van der Waals surface area contributed by atoms with E-state index < -0.39 is 10.8 Å². The van der Waals surface area contributed by atoms with Crippen LogP contribution in [0.15, 0.2) is 180 Å². The quantitative estimate of drug-likeness (QED) is 0.0164. The van der Waals surface area contributed by atoms with Crippen molar-refractivity contribution in [2.75, 3.05) is 13.2 Å². The molecule has 0 N–H and O–H groups in total. The summed E-state index contributed by atoms with van der Waals surface area (Å²) in [6.07, 6.45) is 34.5. The maximum atomic E-state index is 15.2. The first kappa shape index (κ1) is 86.7. The van der Waals surface area contributed by atoms with Crippen LogP contribution in [0.3, 0.4) is 0 Å². The molecule has 0 fully saturated rings. The molecule has 2 unspecified atom stereocenters. The summed E-state index contributed by atoms with van der Waals surface area (Å²) in [7, 11) is 0. The summed E-state index contributed by atoms with van der Waals surface area (Å²) in [6.45, 7) is 36.0. The van der Waals surface area contributed by atoms with E-state index in [1.807, 2.05) is 83.4 Å². The van der Waals surface area contributed by atoms with Gasteiger partial charge in [-0.25, -0.2) is 20.2 Å². The second kappa shape index (κ2) is 39.5. The summed E-state index contributed by atoms with van der Waals surface area (Å²) < 4.78 is 18.5. The maximum Gasteiger partial charge on any atom is 0.270 e. The number of hydrogen-bond acceptors (Lipinski definition) is 10. The largest absolute Gasteiger partial charge is 0.491 e. The smallest absolute Gasteiger partial charge is 0.270 e. The van der Waals surface area contributed by atoms with Crippen LogP contribution in [0.1, 0.15) is 318 Å². The van der Waals surface area contributed by atoms with Crippen molar-refractivity contribution >= 4 is 100 Å². The van der Waals surface area contributed by atoms with Gasteiger partial charge in [0.15, 0.2) is 11.6 Å². The van der Waals surface area contributed by atoms with E-state index in [-0.39, 0.29) is 34.8 Å². The summed E-state index contributed by atoms with van der Waals surface area (Å²) in [5.41, 5.74) is 15.6. The Balaban J connectivity index is 1.10. The van der Waals surface area contributed by atoms with Crippen molar-refractivity contribution in [2.45, 2.75) is 246 Å². The van der Waals surface area contributed by atoms with Gasteiger partial charge in [0.1, 0.15) is 11.5 Å². The van der Waals surface area contributed by atoms with E-state index in [1.54, 1.807) is 22.7 Å². The van der Waals surface area contributed by atoms with Crippen LogP contribution in [-0.2, 0) is 36.5 Å². The number of nitriles is 2. The van der Waals surface area contributed by atoms with Crippen LogP contribution < -0.4 is 9.47 Å². The minimum atomic E-state index is -0.997. The zero-order valence-electron chi connectivity index (χ0n) is 72.6. The predicted octanol–water partition coefficient (Wildman–Crippen LogP) is 31.5. The van der Waals surface area contributed by atoms with Gasteiger partial charge in [-0.2, -0.15) is 0 Å². The van der Waals surface area contributed by atoms with Crippen LogP contribution >= 0.6 is 45.3 Å². The fourth-order valence-corrected chi connectivity index (χ4v) is 25.0. The number of benzene rings is 7. The van der Waals surface area contributed by atoms with E-state index >= 15 is 9.59 Å². The second-order valence-electron chi connectivity index (χ2n) is 34.2. The lowest BCUT2D eigenvalue weighted by Crippen LogP contribution is -2.29. The molecule has 0 radical (unpaired) electrons. The molecule has 0 bridgehead atoms. The van der Waals surface area contributed by atoms with Crippen molar-refractivity contribution in [3.8, 4) is 43.1 Å². The van der Waals surface area contributed by atoms with Gasteiger partial charge in [-0.1, -0.05) is 317 Å². The number of unbranched alkanes of at least 4 members (excludes halogenated alkanes) is 14. The van der Waals surface area contributed by atoms with Crippen LogP contribution in [0.2, 0.25) is 0 Å². The van der Waals surface area contributed by atoms with E-state index in [0.717, 1.165) is 234 Å². The van der Waals surface area contributed by atoms with Crippen molar-refractivity contribution in [3.05, 3.63) is 302 Å². The average molecular weight is 1680 g/mol. The summed E-state index contributed by atoms with van der Waals surface area (Å²) in [4.78, 5) is 44.1. The highest BCUT2D eigenvalue weighted by molar-refractivity contribution is 7.29. The third-order valence-electron chi connectivity index (χ3n) is 26.4. The Bertz CT molecular complexity index is 5490. The molecule has 0 saturated carbocycles. The Morgan fingerprint density at radius 3 is 1.00 bits per heavy atom. The fourth-order valence-electron chi connectivity index (χ4n) is 19.7. The molecule has 15 rings (SSSR count). The molecule has 4 aliphatic carbocycles. The molecule has 8 nitrogen and oxygen atoms in total. The number of rotatable bonds is 40. The number of nitrogens with zero attached hydrogens (tertiary/aromatic N) is 4. The van der Waals surface area contributed by atoms with Crippen molar-refractivity contribution in [1.82, 2.24) is 0 Å². The van der Waals surface area contributed by atoms with Crippen molar-refractivity contribution < 1.29 is 19.1 Å². The highest BCUT2D eigenvalue weighted by atomic mass is 32.1. The standard InChI is InChI=1S/C110H114N4O4S4/c1-11-19-25-29-39-73-47-55-77(56-48-73)109(78-57-49-74(50-58-78)40-30-26-20-12-2)89-65-81(63-87-93(91(67-111)113-9)83-43-33-35-45-85(83)99(87)115)119-103(89)107-97(109)95-101(117-69-71(17-7)37-23-15-5)106-96(102(105(95)121-107)118-70-72(18-8)38-24-16-6)98-108(122-106)104-90(66-82(120-104)64-88-94(92(68-112)114-10)84-44-34-36-46-86(84)100(88)116)110(98,79-59-51-75(52-60-79)41-31-27-21-13-3)80-61-53-76(54-62-80)42-32-28-22-14-4/h33-36,43-66,71-72H,11-32,37-42,69-70H2,1-8H3/b87-63-,88-64-,93-91-,94-92+. The van der Waals surface area contributed by atoms with Crippen LogP contribution in [-0.4, -0.2) is 24.8 Å². The van der Waals surface area contributed by atoms with Gasteiger partial charge in [-0.05, 0) is 167 Å². The van der Waals surface area contributed by atoms with Gasteiger partial charge in [0, 0.05) is 65.1 Å². The molecule has 622 valence electrons. The molecule has 0 saturated heterocycles. The molecule has 4 heterocycles. The van der Waals surface area contributed by atoms with Crippen LogP contribution in [0.5, 0.6) is 11.5 Å². The summed E-state index contributed by atoms with van der Waals surface area (Å²) >= 11 is 7.02. The summed E-state index contributed by atoms with van der Waals surface area (Å²) in [5, 5.41) is 23.6. The lowest BCUT2D eigenvalue weighted by Gasteiger charge is -2.35. The highest BCUT2D eigenvalue weighted by Crippen LogP contribution is 2.71. The first-order chi connectivity index (χ1) is 59.8. The first-order valence-electron chi connectivity index (χ1n) is 45.6. The van der Waals surface area contributed by atoms with Crippen molar-refractivity contribution in [1.29, 1.82) is 10.5 Å². The SMILES string of the molecule is [C-]#[N+]/C(C#N)=C1\C(=C\c2cc3c(s2)-c2sc4c(OCC(CC)CCCC)c5c6c(sc5c(OCC(CC)CCCC)c4c2C3(c2ccc(CCCCCC)cc2)c2ccc(CCCCCC)cc2)-c2sc(/C=C3\C(=O)c4ccccc4\C3=C(\C#N)[N+]#[C-])cc2C6(c2ccc(CCCCCC)cc2)c2ccc(CCCCCC)cc2)C(=O)c2ccccc21. The lowest BCUT2D eigenvalue weighted by molar-refractivity contribution is 0.103. The monoisotopic (exact) mass is 1680 g/mol. The molecule has 7 aromatic carbocycles. The van der Waals surface area contributed by atoms with E-state index in [9.17, 15) is 10.5 Å². The normalized spacial score (nSPS) is 15.8. The molecular formula is C110H114N4O4S4. The molecule has 12 heteroatoms. The summed E-state index contributed by atoms with van der Waals surface area (Å²) in [6, 6.07) is 62.3. The number of thiophene rings is 4. The zero-order chi connectivity index (χ0) is 85.0. The molecule has 0 aliphatic heterocycles. The van der Waals surface area contributed by atoms with E-state index in [4.69, 9.17) is 22.6 Å². The van der Waals surface area contributed by atoms with E-state index in [0.29, 0.717) is 57.8 Å². The molecule has 0 spiro atoms. The minimum absolute atomic E-state index is 0.108. The minimum Gasteiger partial charge on any atom is -0.491 e. The molecule has 11 aromatic rings. The second-order valence-corrected chi connectivity index (χ2v) is 38.4. The van der Waals surface area contributed by atoms with Gasteiger partial charge in [-0.15, -0.1) is 45.3 Å². The number of carbonyl (C=O) groups is 2. The van der Waals surface area contributed by atoms with Crippen LogP contribution in [0.4, 0.5) is 0 Å². The number of ether oxygens (including phenoxy) is 2. The molecular weight excluding hydrogens is 1570 g/mol. The Morgan fingerprint density at radius 2 is 0.713 bits per heavy atom. The molecule has 4 aliphatic rings. The third kappa shape index (κ3) is 16.3. The first-order valence-corrected chi connectivity index (χ1v) is 48.9. The number of ketones is 2. The maximum absolute atomic E-state index is 15.2. The average Bonchev–Trinajstić information content (AvgIpc) is 1.49. The van der Waals surface area contributed by atoms with Gasteiger partial charge < -0.3 is 9.47 Å². The molecule has 0 amide bonds. The van der Waals surface area contributed by atoms with Crippen LogP contribution in [0.25, 0.3) is 72.7 Å². The fraction of sp³-hybridized carbons (Fsp3) is 0.382. The Morgan fingerprint density at radius 1 is 0.402 bits per heavy atom. The number of hydrogen-bond donors (Lipinski definition) is 0. The van der Waals surface area contributed by atoms with Gasteiger partial charge in [-0.3, -0.25) is 9.59 Å². The summed E-state index contributed by atoms with van der Waals surface area (Å²) in [5.74, 6) is 1.79. The van der Waals surface area contributed by atoms with Crippen molar-refractivity contribution in [2.24, 2.45) is 11.8 Å². The number of carbonyl (C=O) groups excluding carboxylic acids is 2. The number of allylic oxidation sites excluding steroid dienone is 6. The van der Waals surface area contributed by atoms with E-state index in [2.05, 4.69) is 186 Å². The van der Waals surface area contributed by atoms with E-state index in [1.165, 1.54) is 73.6 Å². The van der Waals surface area contributed by atoms with Gasteiger partial charge in [0.25, 0.3) is 11.4 Å². The molecule has 4 aromatic heterocycles. The Hall–Kier alpha value is -10.3.